The molecule has 2 fully saturated rings. The van der Waals surface area contributed by atoms with Crippen molar-refractivity contribution in [2.24, 2.45) is 0 Å². The summed E-state index contributed by atoms with van der Waals surface area (Å²) in [6.45, 7) is 2.27. The molecule has 5 heteroatoms. The van der Waals surface area contributed by atoms with Gasteiger partial charge >= 0.3 is 6.03 Å². The zero-order valence-electron chi connectivity index (χ0n) is 15.4. The first-order chi connectivity index (χ1) is 13.2. The molecule has 0 bridgehead atoms. The number of rotatable bonds is 3. The van der Waals surface area contributed by atoms with Crippen LogP contribution < -0.4 is 10.2 Å². The molecule has 2 aliphatic heterocycles. The van der Waals surface area contributed by atoms with E-state index in [1.165, 1.54) is 5.56 Å². The summed E-state index contributed by atoms with van der Waals surface area (Å²) in [6, 6.07) is 18.0. The number of hydrogen-bond acceptors (Lipinski definition) is 2. The van der Waals surface area contributed by atoms with Gasteiger partial charge < -0.3 is 15.1 Å². The topological polar surface area (TPSA) is 52.7 Å². The first-order valence-electron chi connectivity index (χ1n) is 9.72. The molecule has 2 heterocycles. The molecular formula is C22H25N3O2. The molecule has 0 aromatic heterocycles. The van der Waals surface area contributed by atoms with E-state index in [0.29, 0.717) is 12.3 Å². The number of amides is 3. The van der Waals surface area contributed by atoms with E-state index in [0.717, 1.165) is 50.3 Å². The summed E-state index contributed by atoms with van der Waals surface area (Å²) < 4.78 is 0. The van der Waals surface area contributed by atoms with Crippen molar-refractivity contribution in [1.29, 1.82) is 0 Å². The van der Waals surface area contributed by atoms with E-state index < -0.39 is 0 Å². The van der Waals surface area contributed by atoms with Crippen LogP contribution in [0.15, 0.2) is 54.6 Å². The third-order valence-electron chi connectivity index (χ3n) is 5.54. The Balaban J connectivity index is 1.35. The van der Waals surface area contributed by atoms with Gasteiger partial charge in [-0.05, 0) is 48.9 Å². The Labute approximate surface area is 160 Å². The Bertz CT molecular complexity index is 813. The molecule has 0 atom stereocenters. The average Bonchev–Trinajstić information content (AvgIpc) is 3.15. The lowest BCUT2D eigenvalue weighted by Crippen LogP contribution is -2.40. The highest BCUT2D eigenvalue weighted by molar-refractivity contribution is 5.96. The molecule has 27 heavy (non-hydrogen) atoms. The summed E-state index contributed by atoms with van der Waals surface area (Å²) in [7, 11) is 0. The highest BCUT2D eigenvalue weighted by atomic mass is 16.2. The van der Waals surface area contributed by atoms with Crippen LogP contribution in [0.25, 0.3) is 0 Å². The van der Waals surface area contributed by atoms with Crippen LogP contribution in [0.3, 0.4) is 0 Å². The number of likely N-dealkylation sites (tertiary alicyclic amines) is 1. The highest BCUT2D eigenvalue weighted by Crippen LogP contribution is 2.28. The van der Waals surface area contributed by atoms with E-state index in [2.05, 4.69) is 29.6 Å². The van der Waals surface area contributed by atoms with Gasteiger partial charge in [-0.25, -0.2) is 4.79 Å². The number of benzene rings is 2. The minimum Gasteiger partial charge on any atom is -0.324 e. The van der Waals surface area contributed by atoms with E-state index in [-0.39, 0.29) is 11.9 Å². The van der Waals surface area contributed by atoms with Gasteiger partial charge in [-0.1, -0.05) is 36.4 Å². The highest BCUT2D eigenvalue weighted by Gasteiger charge is 2.25. The first-order valence-corrected chi connectivity index (χ1v) is 9.72. The third kappa shape index (κ3) is 3.97. The lowest BCUT2D eigenvalue weighted by Gasteiger charge is -2.32. The van der Waals surface area contributed by atoms with E-state index in [9.17, 15) is 9.59 Å². The fraction of sp³-hybridized carbons (Fsp3) is 0.364. The number of hydrogen-bond donors (Lipinski definition) is 1. The van der Waals surface area contributed by atoms with Crippen LogP contribution in [0.4, 0.5) is 16.2 Å². The molecule has 2 aromatic carbocycles. The number of carbonyl (C=O) groups is 2. The third-order valence-corrected chi connectivity index (χ3v) is 5.54. The number of nitrogens with one attached hydrogen (secondary N) is 1. The van der Waals surface area contributed by atoms with Crippen LogP contribution >= 0.6 is 0 Å². The number of carbonyl (C=O) groups excluding carboxylic acids is 2. The van der Waals surface area contributed by atoms with Crippen molar-refractivity contribution in [1.82, 2.24) is 4.90 Å². The molecule has 0 aliphatic carbocycles. The van der Waals surface area contributed by atoms with Crippen molar-refractivity contribution in [3.63, 3.8) is 0 Å². The van der Waals surface area contributed by atoms with Gasteiger partial charge in [0.1, 0.15) is 0 Å². The van der Waals surface area contributed by atoms with Crippen LogP contribution in [-0.4, -0.2) is 36.5 Å². The monoisotopic (exact) mass is 363 g/mol. The van der Waals surface area contributed by atoms with Crippen molar-refractivity contribution in [2.45, 2.75) is 31.6 Å². The summed E-state index contributed by atoms with van der Waals surface area (Å²) in [6.07, 6.45) is 3.47. The minimum atomic E-state index is -0.0635. The maximum atomic E-state index is 12.6. The number of piperidine rings is 1. The average molecular weight is 363 g/mol. The van der Waals surface area contributed by atoms with Gasteiger partial charge in [0.15, 0.2) is 0 Å². The second-order valence-corrected chi connectivity index (χ2v) is 7.30. The van der Waals surface area contributed by atoms with Gasteiger partial charge in [-0.3, -0.25) is 4.79 Å². The molecular weight excluding hydrogens is 338 g/mol. The fourth-order valence-corrected chi connectivity index (χ4v) is 4.02. The Morgan fingerprint density at radius 1 is 0.963 bits per heavy atom. The van der Waals surface area contributed by atoms with Crippen LogP contribution in [0, 0.1) is 0 Å². The Kier molecular flexibility index (Phi) is 5.10. The minimum absolute atomic E-state index is 0.0635. The standard InChI is InChI=1S/C22H25N3O2/c26-21-10-5-13-25(21)20-9-4-8-19(16-20)23-22(27)24-14-11-18(12-15-24)17-6-2-1-3-7-17/h1-4,6-9,16,18H,5,10-15H2,(H,23,27). The molecule has 0 saturated carbocycles. The number of urea groups is 1. The summed E-state index contributed by atoms with van der Waals surface area (Å²) in [5.41, 5.74) is 2.96. The zero-order chi connectivity index (χ0) is 18.6. The second-order valence-electron chi connectivity index (χ2n) is 7.30. The van der Waals surface area contributed by atoms with Crippen molar-refractivity contribution in [2.75, 3.05) is 29.9 Å². The maximum Gasteiger partial charge on any atom is 0.321 e. The molecule has 4 rings (SSSR count). The Morgan fingerprint density at radius 3 is 2.44 bits per heavy atom. The predicted octanol–water partition coefficient (Wildman–Crippen LogP) is 4.22. The van der Waals surface area contributed by atoms with Crippen molar-refractivity contribution in [3.05, 3.63) is 60.2 Å². The van der Waals surface area contributed by atoms with Gasteiger partial charge in [-0.2, -0.15) is 0 Å². The molecule has 5 nitrogen and oxygen atoms in total. The van der Waals surface area contributed by atoms with E-state index >= 15 is 0 Å². The summed E-state index contributed by atoms with van der Waals surface area (Å²) >= 11 is 0. The van der Waals surface area contributed by atoms with Crippen LogP contribution in [-0.2, 0) is 4.79 Å². The second kappa shape index (κ2) is 7.82. The first kappa shape index (κ1) is 17.6. The largest absolute Gasteiger partial charge is 0.324 e. The van der Waals surface area contributed by atoms with Gasteiger partial charge in [0.05, 0.1) is 0 Å². The lowest BCUT2D eigenvalue weighted by atomic mass is 9.90. The maximum absolute atomic E-state index is 12.6. The summed E-state index contributed by atoms with van der Waals surface area (Å²) in [5.74, 6) is 0.682. The van der Waals surface area contributed by atoms with Crippen molar-refractivity contribution < 1.29 is 9.59 Å². The molecule has 2 aliphatic rings. The van der Waals surface area contributed by atoms with Crippen molar-refractivity contribution in [3.8, 4) is 0 Å². The predicted molar refractivity (Wildman–Crippen MR) is 107 cm³/mol. The molecule has 2 saturated heterocycles. The molecule has 2 aromatic rings. The summed E-state index contributed by atoms with van der Waals surface area (Å²) in [4.78, 5) is 28.3. The molecule has 1 N–H and O–H groups in total. The molecule has 3 amide bonds. The van der Waals surface area contributed by atoms with Crippen LogP contribution in [0.2, 0.25) is 0 Å². The van der Waals surface area contributed by atoms with Gasteiger partial charge in [-0.15, -0.1) is 0 Å². The molecule has 0 unspecified atom stereocenters. The zero-order valence-corrected chi connectivity index (χ0v) is 15.4. The fourth-order valence-electron chi connectivity index (χ4n) is 4.02. The van der Waals surface area contributed by atoms with Gasteiger partial charge in [0.25, 0.3) is 0 Å². The van der Waals surface area contributed by atoms with Gasteiger partial charge in [0.2, 0.25) is 5.91 Å². The van der Waals surface area contributed by atoms with E-state index in [1.54, 1.807) is 4.90 Å². The van der Waals surface area contributed by atoms with E-state index in [4.69, 9.17) is 0 Å². The normalized spacial score (nSPS) is 18.0. The Hall–Kier alpha value is -2.82. The molecule has 140 valence electrons. The SMILES string of the molecule is O=C(Nc1cccc(N2CCCC2=O)c1)N1CCC(c2ccccc2)CC1. The summed E-state index contributed by atoms with van der Waals surface area (Å²) in [5, 5.41) is 2.99. The van der Waals surface area contributed by atoms with Crippen LogP contribution in [0.5, 0.6) is 0 Å². The quantitative estimate of drug-likeness (QED) is 0.887. The van der Waals surface area contributed by atoms with Crippen LogP contribution in [0.1, 0.15) is 37.2 Å². The lowest BCUT2D eigenvalue weighted by molar-refractivity contribution is -0.117. The molecule has 0 radical (unpaired) electrons. The smallest absolute Gasteiger partial charge is 0.321 e. The van der Waals surface area contributed by atoms with E-state index in [1.807, 2.05) is 35.2 Å². The Morgan fingerprint density at radius 2 is 1.74 bits per heavy atom. The number of nitrogens with zero attached hydrogens (tertiary/aromatic N) is 2. The van der Waals surface area contributed by atoms with Crippen molar-refractivity contribution >= 4 is 23.3 Å². The van der Waals surface area contributed by atoms with Gasteiger partial charge in [0, 0.05) is 37.4 Å². The molecule has 0 spiro atoms. The number of anilines is 2.